The van der Waals surface area contributed by atoms with E-state index < -0.39 is 0 Å². The SMILES string of the molecule is O=C(Cn1c[n+](Cc2ccccc2)c2ccccc21)c1ccc(-c2ccccc2)cc1.[Br-]. The van der Waals surface area contributed by atoms with Crippen LogP contribution in [-0.2, 0) is 13.1 Å². The zero-order valence-corrected chi connectivity index (χ0v) is 19.2. The predicted octanol–water partition coefficient (Wildman–Crippen LogP) is 2.53. The van der Waals surface area contributed by atoms with Crippen LogP contribution in [0.15, 0.2) is 116 Å². The Bertz CT molecular complexity index is 1330. The van der Waals surface area contributed by atoms with Gasteiger partial charge in [-0.05, 0) is 28.8 Å². The molecule has 0 saturated heterocycles. The number of benzene rings is 4. The quantitative estimate of drug-likeness (QED) is 0.269. The van der Waals surface area contributed by atoms with Crippen LogP contribution in [0.25, 0.3) is 22.2 Å². The number of rotatable bonds is 6. The van der Waals surface area contributed by atoms with Gasteiger partial charge in [0.2, 0.25) is 12.1 Å². The second kappa shape index (κ2) is 9.75. The second-order valence-corrected chi connectivity index (χ2v) is 7.71. The zero-order chi connectivity index (χ0) is 21.0. The highest BCUT2D eigenvalue weighted by atomic mass is 79.9. The van der Waals surface area contributed by atoms with Crippen LogP contribution in [0.3, 0.4) is 0 Å². The standard InChI is InChI=1S/C28H23N2O.BrH/c31-28(25-17-15-24(16-18-25)23-11-5-2-6-12-23)20-30-21-29(19-22-9-3-1-4-10-22)26-13-7-8-14-27(26)30;/h1-18,21H,19-20H2;1H/q+1;/p-1. The minimum Gasteiger partial charge on any atom is -1.00 e. The van der Waals surface area contributed by atoms with Gasteiger partial charge >= 0.3 is 0 Å². The molecule has 1 heterocycles. The molecule has 0 aliphatic carbocycles. The first kappa shape index (κ1) is 21.7. The van der Waals surface area contributed by atoms with E-state index in [1.165, 1.54) is 5.56 Å². The Kier molecular flexibility index (Phi) is 6.62. The van der Waals surface area contributed by atoms with Crippen molar-refractivity contribution < 1.29 is 26.3 Å². The van der Waals surface area contributed by atoms with Crippen molar-refractivity contribution in [1.82, 2.24) is 4.57 Å². The molecule has 0 radical (unpaired) electrons. The number of fused-ring (bicyclic) bond motifs is 1. The van der Waals surface area contributed by atoms with Gasteiger partial charge in [-0.25, -0.2) is 9.13 Å². The Morgan fingerprint density at radius 1 is 0.688 bits per heavy atom. The van der Waals surface area contributed by atoms with E-state index >= 15 is 0 Å². The van der Waals surface area contributed by atoms with Crippen LogP contribution in [0.1, 0.15) is 15.9 Å². The van der Waals surface area contributed by atoms with E-state index in [0.29, 0.717) is 6.54 Å². The molecule has 158 valence electrons. The first-order chi connectivity index (χ1) is 15.3. The molecule has 4 aromatic carbocycles. The summed E-state index contributed by atoms with van der Waals surface area (Å²) in [6, 6.07) is 36.7. The number of hydrogen-bond donors (Lipinski definition) is 0. The van der Waals surface area contributed by atoms with Gasteiger partial charge in [-0.2, -0.15) is 0 Å². The fourth-order valence-corrected chi connectivity index (χ4v) is 4.00. The summed E-state index contributed by atoms with van der Waals surface area (Å²) < 4.78 is 4.25. The smallest absolute Gasteiger partial charge is 0.245 e. The number of halogens is 1. The third-order valence-corrected chi connectivity index (χ3v) is 5.60. The number of Topliss-reactive ketones (excluding diaryl/α,β-unsaturated/α-hetero) is 1. The van der Waals surface area contributed by atoms with Crippen molar-refractivity contribution >= 4 is 16.8 Å². The lowest BCUT2D eigenvalue weighted by Gasteiger charge is -2.03. The summed E-state index contributed by atoms with van der Waals surface area (Å²) in [7, 11) is 0. The maximum Gasteiger partial charge on any atom is 0.245 e. The van der Waals surface area contributed by atoms with E-state index in [4.69, 9.17) is 0 Å². The number of hydrogen-bond acceptors (Lipinski definition) is 1. The maximum atomic E-state index is 13.0. The summed E-state index contributed by atoms with van der Waals surface area (Å²) in [6.07, 6.45) is 2.05. The van der Waals surface area contributed by atoms with Gasteiger partial charge in [-0.3, -0.25) is 4.79 Å². The van der Waals surface area contributed by atoms with Crippen LogP contribution in [-0.4, -0.2) is 10.4 Å². The number of carbonyl (C=O) groups is 1. The summed E-state index contributed by atoms with van der Waals surface area (Å²) in [5.74, 6) is 0.104. The summed E-state index contributed by atoms with van der Waals surface area (Å²) in [5, 5.41) is 0. The fourth-order valence-electron chi connectivity index (χ4n) is 4.00. The Hall–Kier alpha value is -3.50. The monoisotopic (exact) mass is 482 g/mol. The molecule has 0 saturated carbocycles. The molecule has 5 rings (SSSR count). The summed E-state index contributed by atoms with van der Waals surface area (Å²) >= 11 is 0. The van der Waals surface area contributed by atoms with E-state index in [1.807, 2.05) is 71.6 Å². The molecule has 0 amide bonds. The molecule has 0 spiro atoms. The lowest BCUT2D eigenvalue weighted by Crippen LogP contribution is -3.00. The average Bonchev–Trinajstić information content (AvgIpc) is 3.17. The third kappa shape index (κ3) is 4.56. The van der Waals surface area contributed by atoms with E-state index in [0.717, 1.165) is 34.3 Å². The molecule has 5 aromatic rings. The highest BCUT2D eigenvalue weighted by molar-refractivity contribution is 5.97. The van der Waals surface area contributed by atoms with Crippen molar-refractivity contribution in [2.75, 3.05) is 0 Å². The highest BCUT2D eigenvalue weighted by Gasteiger charge is 2.18. The lowest BCUT2D eigenvalue weighted by atomic mass is 10.0. The number of nitrogens with zero attached hydrogens (tertiary/aromatic N) is 2. The topological polar surface area (TPSA) is 25.9 Å². The molecule has 4 heteroatoms. The molecule has 32 heavy (non-hydrogen) atoms. The molecule has 0 aliphatic heterocycles. The zero-order valence-electron chi connectivity index (χ0n) is 17.6. The van der Waals surface area contributed by atoms with Crippen LogP contribution in [0.4, 0.5) is 0 Å². The van der Waals surface area contributed by atoms with Crippen LogP contribution >= 0.6 is 0 Å². The summed E-state index contributed by atoms with van der Waals surface area (Å²) in [6.45, 7) is 1.08. The first-order valence-corrected chi connectivity index (χ1v) is 10.5. The third-order valence-electron chi connectivity index (χ3n) is 5.60. The number of imidazole rings is 1. The fraction of sp³-hybridized carbons (Fsp3) is 0.0714. The molecular weight excluding hydrogens is 460 g/mol. The van der Waals surface area contributed by atoms with E-state index in [1.54, 1.807) is 0 Å². The molecule has 1 aromatic heterocycles. The van der Waals surface area contributed by atoms with E-state index in [2.05, 4.69) is 53.1 Å². The number of carbonyl (C=O) groups excluding carboxylic acids is 1. The Balaban J connectivity index is 0.00000245. The number of aromatic nitrogens is 2. The molecule has 0 aliphatic rings. The molecule has 0 N–H and O–H groups in total. The molecule has 0 unspecified atom stereocenters. The summed E-state index contributed by atoms with van der Waals surface area (Å²) in [4.78, 5) is 13.0. The van der Waals surface area contributed by atoms with Crippen molar-refractivity contribution in [2.45, 2.75) is 13.1 Å². The molecule has 0 fully saturated rings. The van der Waals surface area contributed by atoms with Gasteiger partial charge in [0.1, 0.15) is 6.54 Å². The van der Waals surface area contributed by atoms with E-state index in [-0.39, 0.29) is 22.8 Å². The van der Waals surface area contributed by atoms with Gasteiger partial charge < -0.3 is 17.0 Å². The molecule has 0 bridgehead atoms. The van der Waals surface area contributed by atoms with Crippen molar-refractivity contribution in [2.24, 2.45) is 0 Å². The molecular formula is C28H23BrN2O. The predicted molar refractivity (Wildman–Crippen MR) is 124 cm³/mol. The minimum atomic E-state index is 0. The Morgan fingerprint density at radius 3 is 2.00 bits per heavy atom. The molecule has 0 atom stereocenters. The van der Waals surface area contributed by atoms with Crippen molar-refractivity contribution in [3.63, 3.8) is 0 Å². The highest BCUT2D eigenvalue weighted by Crippen LogP contribution is 2.20. The minimum absolute atomic E-state index is 0. The van der Waals surface area contributed by atoms with Gasteiger partial charge in [-0.15, -0.1) is 0 Å². The number of ketones is 1. The van der Waals surface area contributed by atoms with Gasteiger partial charge in [-0.1, -0.05) is 97.1 Å². The van der Waals surface area contributed by atoms with Gasteiger partial charge in [0, 0.05) is 5.56 Å². The van der Waals surface area contributed by atoms with Gasteiger partial charge in [0.05, 0.1) is 0 Å². The van der Waals surface area contributed by atoms with Gasteiger partial charge in [0.15, 0.2) is 17.6 Å². The van der Waals surface area contributed by atoms with Crippen LogP contribution < -0.4 is 21.5 Å². The largest absolute Gasteiger partial charge is 1.00 e. The lowest BCUT2D eigenvalue weighted by molar-refractivity contribution is -0.663. The van der Waals surface area contributed by atoms with E-state index in [9.17, 15) is 4.79 Å². The van der Waals surface area contributed by atoms with Crippen molar-refractivity contribution in [3.05, 3.63) is 127 Å². The maximum absolute atomic E-state index is 13.0. The van der Waals surface area contributed by atoms with Crippen LogP contribution in [0.5, 0.6) is 0 Å². The first-order valence-electron chi connectivity index (χ1n) is 10.5. The second-order valence-electron chi connectivity index (χ2n) is 7.71. The van der Waals surface area contributed by atoms with Crippen molar-refractivity contribution in [3.8, 4) is 11.1 Å². The summed E-state index contributed by atoms with van der Waals surface area (Å²) in [5.41, 5.74) is 6.42. The average molecular weight is 483 g/mol. The van der Waals surface area contributed by atoms with Gasteiger partial charge in [0.25, 0.3) is 0 Å². The number of para-hydroxylation sites is 2. The Morgan fingerprint density at radius 2 is 1.28 bits per heavy atom. The Labute approximate surface area is 198 Å². The molecule has 3 nitrogen and oxygen atoms in total. The van der Waals surface area contributed by atoms with Crippen LogP contribution in [0.2, 0.25) is 0 Å². The van der Waals surface area contributed by atoms with Crippen LogP contribution in [0, 0.1) is 0 Å². The normalized spacial score (nSPS) is 10.6. The van der Waals surface area contributed by atoms with Crippen molar-refractivity contribution in [1.29, 1.82) is 0 Å².